The lowest BCUT2D eigenvalue weighted by Crippen LogP contribution is -2.01. The first-order chi connectivity index (χ1) is 10.0. The molecule has 0 unspecified atom stereocenters. The van der Waals surface area contributed by atoms with E-state index in [9.17, 15) is 4.79 Å². The summed E-state index contributed by atoms with van der Waals surface area (Å²) in [5.41, 5.74) is 3.10. The van der Waals surface area contributed by atoms with E-state index in [1.54, 1.807) is 0 Å². The fourth-order valence-corrected chi connectivity index (χ4v) is 2.95. The summed E-state index contributed by atoms with van der Waals surface area (Å²) in [6, 6.07) is 5.99. The first kappa shape index (κ1) is 15.5. The largest absolute Gasteiger partial charge is 0.493 e. The summed E-state index contributed by atoms with van der Waals surface area (Å²) in [7, 11) is 0. The Morgan fingerprint density at radius 2 is 2.10 bits per heavy atom. The molecular formula is C16H19NO3S. The lowest BCUT2D eigenvalue weighted by molar-refractivity contribution is 0.0701. The van der Waals surface area contributed by atoms with Gasteiger partial charge in [-0.05, 0) is 43.5 Å². The van der Waals surface area contributed by atoms with Crippen LogP contribution in [0.25, 0.3) is 0 Å². The van der Waals surface area contributed by atoms with Gasteiger partial charge in [-0.1, -0.05) is 13.0 Å². The highest BCUT2D eigenvalue weighted by Crippen LogP contribution is 2.21. The number of ether oxygens (including phenoxy) is 1. The van der Waals surface area contributed by atoms with Crippen LogP contribution >= 0.6 is 11.3 Å². The van der Waals surface area contributed by atoms with Gasteiger partial charge in [-0.15, -0.1) is 11.3 Å². The van der Waals surface area contributed by atoms with Gasteiger partial charge in [0.2, 0.25) is 0 Å². The Kier molecular flexibility index (Phi) is 4.96. The third kappa shape index (κ3) is 3.82. The summed E-state index contributed by atoms with van der Waals surface area (Å²) >= 11 is 1.24. The Morgan fingerprint density at radius 1 is 1.33 bits per heavy atom. The fourth-order valence-electron chi connectivity index (χ4n) is 1.97. The highest BCUT2D eigenvalue weighted by molar-refractivity contribution is 7.13. The average molecular weight is 305 g/mol. The Hall–Kier alpha value is -1.88. The number of hydrogen-bond donors (Lipinski definition) is 1. The Labute approximate surface area is 128 Å². The van der Waals surface area contributed by atoms with Crippen molar-refractivity contribution in [2.24, 2.45) is 0 Å². The van der Waals surface area contributed by atoms with E-state index in [1.165, 1.54) is 22.5 Å². The number of aromatic carboxylic acids is 1. The average Bonchev–Trinajstić information content (AvgIpc) is 2.86. The van der Waals surface area contributed by atoms with E-state index in [2.05, 4.69) is 18.8 Å². The van der Waals surface area contributed by atoms with Crippen LogP contribution in [0.3, 0.4) is 0 Å². The molecule has 5 heteroatoms. The van der Waals surface area contributed by atoms with Crippen LogP contribution < -0.4 is 4.74 Å². The molecule has 2 rings (SSSR count). The Bertz CT molecular complexity index is 649. The molecular weight excluding hydrogens is 286 g/mol. The van der Waals surface area contributed by atoms with E-state index in [0.717, 1.165) is 10.8 Å². The van der Waals surface area contributed by atoms with E-state index in [-0.39, 0.29) is 0 Å². The van der Waals surface area contributed by atoms with Gasteiger partial charge in [-0.3, -0.25) is 0 Å². The van der Waals surface area contributed by atoms with Crippen LogP contribution in [0.15, 0.2) is 18.2 Å². The van der Waals surface area contributed by atoms with Crippen LogP contribution in [-0.4, -0.2) is 22.7 Å². The zero-order valence-electron chi connectivity index (χ0n) is 12.5. The molecule has 1 heterocycles. The summed E-state index contributed by atoms with van der Waals surface area (Å²) in [6.45, 7) is 6.53. The number of aryl methyl sites for hydroxylation is 3. The van der Waals surface area contributed by atoms with Gasteiger partial charge < -0.3 is 9.84 Å². The van der Waals surface area contributed by atoms with Gasteiger partial charge in [0.05, 0.1) is 17.3 Å². The van der Waals surface area contributed by atoms with Crippen molar-refractivity contribution >= 4 is 17.3 Å². The quantitative estimate of drug-likeness (QED) is 0.885. The molecule has 21 heavy (non-hydrogen) atoms. The van der Waals surface area contributed by atoms with Gasteiger partial charge in [0.15, 0.2) is 0 Å². The van der Waals surface area contributed by atoms with Crippen molar-refractivity contribution in [2.45, 2.75) is 33.6 Å². The second-order valence-corrected chi connectivity index (χ2v) is 5.97. The summed E-state index contributed by atoms with van der Waals surface area (Å²) in [5, 5.41) is 9.92. The van der Waals surface area contributed by atoms with Crippen molar-refractivity contribution in [3.63, 3.8) is 0 Å². The van der Waals surface area contributed by atoms with Crippen LogP contribution in [0.1, 0.15) is 38.4 Å². The van der Waals surface area contributed by atoms with Crippen LogP contribution in [0, 0.1) is 13.8 Å². The van der Waals surface area contributed by atoms with E-state index in [1.807, 2.05) is 25.1 Å². The lowest BCUT2D eigenvalue weighted by atomic mass is 10.1. The number of carbonyl (C=O) groups is 1. The van der Waals surface area contributed by atoms with E-state index in [0.29, 0.717) is 30.0 Å². The number of aromatic nitrogens is 1. The first-order valence-corrected chi connectivity index (χ1v) is 7.74. The van der Waals surface area contributed by atoms with Crippen molar-refractivity contribution < 1.29 is 14.6 Å². The summed E-state index contributed by atoms with van der Waals surface area (Å²) in [5.74, 6) is -0.0606. The summed E-state index contributed by atoms with van der Waals surface area (Å²) in [4.78, 5) is 15.8. The van der Waals surface area contributed by atoms with Crippen molar-refractivity contribution in [3.8, 4) is 5.75 Å². The van der Waals surface area contributed by atoms with E-state index >= 15 is 0 Å². The minimum Gasteiger partial charge on any atom is -0.493 e. The molecule has 2 aromatic rings. The minimum absolute atomic E-state index is 0.346. The number of rotatable bonds is 6. The molecule has 1 aromatic heterocycles. The Balaban J connectivity index is 1.97. The lowest BCUT2D eigenvalue weighted by Gasteiger charge is -2.07. The molecule has 0 saturated carbocycles. The predicted molar refractivity (Wildman–Crippen MR) is 83.6 cm³/mol. The second-order valence-electron chi connectivity index (χ2n) is 4.89. The standard InChI is InChI=1S/C16H19NO3S/c1-4-13-15(16(18)19)21-14(17-13)7-8-20-12-6-5-10(2)11(3)9-12/h5-6,9H,4,7-8H2,1-3H3,(H,18,19). The molecule has 0 atom stereocenters. The number of benzene rings is 1. The van der Waals surface area contributed by atoms with Crippen molar-refractivity contribution in [1.29, 1.82) is 0 Å². The highest BCUT2D eigenvalue weighted by atomic mass is 32.1. The summed E-state index contributed by atoms with van der Waals surface area (Å²) in [6.07, 6.45) is 1.26. The van der Waals surface area contributed by atoms with E-state index < -0.39 is 5.97 Å². The molecule has 0 aliphatic carbocycles. The van der Waals surface area contributed by atoms with E-state index in [4.69, 9.17) is 9.84 Å². The zero-order chi connectivity index (χ0) is 15.4. The predicted octanol–water partition coefficient (Wildman–Crippen LogP) is 3.64. The topological polar surface area (TPSA) is 59.4 Å². The molecule has 0 aliphatic heterocycles. The molecule has 0 amide bonds. The summed E-state index contributed by atoms with van der Waals surface area (Å²) < 4.78 is 5.71. The number of hydrogen-bond acceptors (Lipinski definition) is 4. The SMILES string of the molecule is CCc1nc(CCOc2ccc(C)c(C)c2)sc1C(=O)O. The molecule has 4 nitrogen and oxygen atoms in total. The van der Waals surface area contributed by atoms with Gasteiger partial charge in [0, 0.05) is 6.42 Å². The number of carboxylic acid groups (broad SMARTS) is 1. The monoisotopic (exact) mass is 305 g/mol. The molecule has 1 aromatic carbocycles. The third-order valence-corrected chi connectivity index (χ3v) is 4.48. The molecule has 0 bridgehead atoms. The van der Waals surface area contributed by atoms with Crippen molar-refractivity contribution in [2.75, 3.05) is 6.61 Å². The van der Waals surface area contributed by atoms with Crippen LogP contribution in [0.4, 0.5) is 0 Å². The van der Waals surface area contributed by atoms with Crippen molar-refractivity contribution in [1.82, 2.24) is 4.98 Å². The Morgan fingerprint density at radius 3 is 2.67 bits per heavy atom. The maximum Gasteiger partial charge on any atom is 0.347 e. The first-order valence-electron chi connectivity index (χ1n) is 6.93. The molecule has 0 saturated heterocycles. The highest BCUT2D eigenvalue weighted by Gasteiger charge is 2.15. The van der Waals surface area contributed by atoms with Gasteiger partial charge >= 0.3 is 5.97 Å². The van der Waals surface area contributed by atoms with Gasteiger partial charge in [0.25, 0.3) is 0 Å². The normalized spacial score (nSPS) is 10.6. The molecule has 0 fully saturated rings. The molecule has 112 valence electrons. The van der Waals surface area contributed by atoms with Crippen LogP contribution in [0.2, 0.25) is 0 Å². The maximum atomic E-state index is 11.1. The van der Waals surface area contributed by atoms with Crippen molar-refractivity contribution in [3.05, 3.63) is 44.9 Å². The number of nitrogens with zero attached hydrogens (tertiary/aromatic N) is 1. The number of carboxylic acids is 1. The third-order valence-electron chi connectivity index (χ3n) is 3.33. The van der Waals surface area contributed by atoms with Gasteiger partial charge in [-0.25, -0.2) is 9.78 Å². The number of thiazole rings is 1. The smallest absolute Gasteiger partial charge is 0.347 e. The second kappa shape index (κ2) is 6.72. The maximum absolute atomic E-state index is 11.1. The fraction of sp³-hybridized carbons (Fsp3) is 0.375. The van der Waals surface area contributed by atoms with Gasteiger partial charge in [-0.2, -0.15) is 0 Å². The van der Waals surface area contributed by atoms with Crippen LogP contribution in [-0.2, 0) is 12.8 Å². The minimum atomic E-state index is -0.898. The molecule has 1 N–H and O–H groups in total. The zero-order valence-corrected chi connectivity index (χ0v) is 13.3. The van der Waals surface area contributed by atoms with Crippen LogP contribution in [0.5, 0.6) is 5.75 Å². The van der Waals surface area contributed by atoms with Gasteiger partial charge in [0.1, 0.15) is 10.6 Å². The molecule has 0 radical (unpaired) electrons. The molecule has 0 spiro atoms. The molecule has 0 aliphatic rings.